The van der Waals surface area contributed by atoms with Gasteiger partial charge in [0, 0.05) is 32.4 Å². The summed E-state index contributed by atoms with van der Waals surface area (Å²) in [6, 6.07) is 11.7. The van der Waals surface area contributed by atoms with E-state index in [1.54, 1.807) is 29.2 Å². The van der Waals surface area contributed by atoms with Crippen molar-refractivity contribution in [2.75, 3.05) is 26.2 Å². The first-order valence-corrected chi connectivity index (χ1v) is 9.98. The number of piperazine rings is 1. The molecule has 0 radical (unpaired) electrons. The quantitative estimate of drug-likeness (QED) is 0.819. The van der Waals surface area contributed by atoms with Crippen LogP contribution in [0.25, 0.3) is 0 Å². The van der Waals surface area contributed by atoms with Crippen LogP contribution in [0, 0.1) is 0 Å². The number of sulfonamides is 1. The third-order valence-electron chi connectivity index (χ3n) is 4.34. The van der Waals surface area contributed by atoms with E-state index < -0.39 is 16.0 Å². The van der Waals surface area contributed by atoms with Gasteiger partial charge in [0.05, 0.1) is 11.3 Å². The summed E-state index contributed by atoms with van der Waals surface area (Å²) in [5.74, 6) is -1.52. The van der Waals surface area contributed by atoms with Gasteiger partial charge in [-0.15, -0.1) is 0 Å². The maximum Gasteiger partial charge on any atom is 0.354 e. The molecular weight excluding hydrogens is 370 g/mol. The Hall–Kier alpha value is -2.78. The van der Waals surface area contributed by atoms with Crippen LogP contribution in [0.2, 0.25) is 0 Å². The van der Waals surface area contributed by atoms with Crippen molar-refractivity contribution < 1.29 is 23.1 Å². The predicted octanol–water partition coefficient (Wildman–Crippen LogP) is 1.07. The molecule has 0 unspecified atom stereocenters. The molecule has 0 aliphatic carbocycles. The number of carbonyl (C=O) groups is 2. The number of amides is 1. The SMILES string of the molecule is O=C(O)c1ccc(C(=O)N2CCN(S(=O)(=O)Cc3ccccc3)CC2)cn1. The van der Waals surface area contributed by atoms with Crippen molar-refractivity contribution in [3.8, 4) is 0 Å². The molecule has 1 aromatic heterocycles. The molecule has 1 aliphatic heterocycles. The van der Waals surface area contributed by atoms with E-state index >= 15 is 0 Å². The molecular formula is C18H19N3O5S. The third-order valence-corrected chi connectivity index (χ3v) is 6.19. The van der Waals surface area contributed by atoms with E-state index in [-0.39, 0.29) is 49.1 Å². The van der Waals surface area contributed by atoms with Gasteiger partial charge in [-0.3, -0.25) is 4.79 Å². The Morgan fingerprint density at radius 2 is 1.67 bits per heavy atom. The molecule has 0 bridgehead atoms. The molecule has 8 nitrogen and oxygen atoms in total. The fourth-order valence-corrected chi connectivity index (χ4v) is 4.39. The maximum absolute atomic E-state index is 12.6. The predicted molar refractivity (Wildman–Crippen MR) is 97.7 cm³/mol. The zero-order valence-electron chi connectivity index (χ0n) is 14.5. The summed E-state index contributed by atoms with van der Waals surface area (Å²) >= 11 is 0. The average molecular weight is 389 g/mol. The third kappa shape index (κ3) is 4.50. The summed E-state index contributed by atoms with van der Waals surface area (Å²) in [5, 5.41) is 8.85. The van der Waals surface area contributed by atoms with Gasteiger partial charge in [-0.25, -0.2) is 18.2 Å². The second-order valence-corrected chi connectivity index (χ2v) is 8.14. The number of carboxylic acid groups (broad SMARTS) is 1. The molecule has 0 spiro atoms. The number of carboxylic acids is 1. The van der Waals surface area contributed by atoms with Gasteiger partial charge in [0.2, 0.25) is 10.0 Å². The largest absolute Gasteiger partial charge is 0.477 e. The van der Waals surface area contributed by atoms with Crippen molar-refractivity contribution >= 4 is 21.9 Å². The minimum atomic E-state index is -3.45. The first-order chi connectivity index (χ1) is 12.9. The highest BCUT2D eigenvalue weighted by molar-refractivity contribution is 7.88. The summed E-state index contributed by atoms with van der Waals surface area (Å²) in [5.41, 5.74) is 0.865. The molecule has 1 amide bonds. The maximum atomic E-state index is 12.6. The zero-order chi connectivity index (χ0) is 19.4. The fourth-order valence-electron chi connectivity index (χ4n) is 2.87. The van der Waals surface area contributed by atoms with E-state index in [1.165, 1.54) is 22.6 Å². The van der Waals surface area contributed by atoms with Crippen molar-refractivity contribution in [2.24, 2.45) is 0 Å². The number of nitrogens with zero attached hydrogens (tertiary/aromatic N) is 3. The van der Waals surface area contributed by atoms with Crippen LogP contribution in [0.15, 0.2) is 48.7 Å². The van der Waals surface area contributed by atoms with E-state index in [4.69, 9.17) is 5.11 Å². The minimum Gasteiger partial charge on any atom is -0.477 e. The van der Waals surface area contributed by atoms with E-state index in [0.29, 0.717) is 0 Å². The number of hydrogen-bond donors (Lipinski definition) is 1. The Bertz CT molecular complexity index is 921. The van der Waals surface area contributed by atoms with Crippen molar-refractivity contribution in [3.63, 3.8) is 0 Å². The lowest BCUT2D eigenvalue weighted by atomic mass is 10.2. The van der Waals surface area contributed by atoms with Crippen LogP contribution in [-0.2, 0) is 15.8 Å². The fraction of sp³-hybridized carbons (Fsp3) is 0.278. The summed E-state index contributed by atoms with van der Waals surface area (Å²) in [6.07, 6.45) is 1.23. The number of hydrogen-bond acceptors (Lipinski definition) is 5. The van der Waals surface area contributed by atoms with Crippen LogP contribution in [0.3, 0.4) is 0 Å². The second-order valence-electron chi connectivity index (χ2n) is 6.17. The van der Waals surface area contributed by atoms with Gasteiger partial charge in [0.15, 0.2) is 0 Å². The van der Waals surface area contributed by atoms with Gasteiger partial charge < -0.3 is 10.0 Å². The number of pyridine rings is 1. The van der Waals surface area contributed by atoms with E-state index in [0.717, 1.165) is 5.56 Å². The van der Waals surface area contributed by atoms with Crippen molar-refractivity contribution in [3.05, 3.63) is 65.5 Å². The summed E-state index contributed by atoms with van der Waals surface area (Å²) in [6.45, 7) is 0.990. The lowest BCUT2D eigenvalue weighted by Gasteiger charge is -2.34. The monoisotopic (exact) mass is 389 g/mol. The van der Waals surface area contributed by atoms with E-state index in [9.17, 15) is 18.0 Å². The van der Waals surface area contributed by atoms with E-state index in [1.807, 2.05) is 6.07 Å². The van der Waals surface area contributed by atoms with Crippen LogP contribution in [0.4, 0.5) is 0 Å². The highest BCUT2D eigenvalue weighted by atomic mass is 32.2. The molecule has 142 valence electrons. The van der Waals surface area contributed by atoms with Gasteiger partial charge in [0.1, 0.15) is 5.69 Å². The standard InChI is InChI=1S/C18H19N3O5S/c22-17(15-6-7-16(18(23)24)19-12-15)20-8-10-21(11-9-20)27(25,26)13-14-4-2-1-3-5-14/h1-7,12H,8-11,13H2,(H,23,24). The number of benzene rings is 1. The van der Waals surface area contributed by atoms with E-state index in [2.05, 4.69) is 4.98 Å². The molecule has 0 saturated carbocycles. The van der Waals surface area contributed by atoms with Crippen molar-refractivity contribution in [1.82, 2.24) is 14.2 Å². The zero-order valence-corrected chi connectivity index (χ0v) is 15.3. The molecule has 27 heavy (non-hydrogen) atoms. The molecule has 0 atom stereocenters. The Kier molecular flexibility index (Phi) is 5.52. The van der Waals surface area contributed by atoms with Crippen LogP contribution in [0.1, 0.15) is 26.4 Å². The lowest BCUT2D eigenvalue weighted by Crippen LogP contribution is -2.50. The van der Waals surface area contributed by atoms with Gasteiger partial charge in [-0.2, -0.15) is 4.31 Å². The molecule has 2 heterocycles. The van der Waals surface area contributed by atoms with Crippen LogP contribution < -0.4 is 0 Å². The van der Waals surface area contributed by atoms with Gasteiger partial charge in [-0.05, 0) is 17.7 Å². The minimum absolute atomic E-state index is 0.0671. The number of carbonyl (C=O) groups excluding carboxylic acids is 1. The number of rotatable bonds is 5. The Balaban J connectivity index is 1.61. The first kappa shape index (κ1) is 19.0. The van der Waals surface area contributed by atoms with Gasteiger partial charge in [0.25, 0.3) is 5.91 Å². The lowest BCUT2D eigenvalue weighted by molar-refractivity contribution is 0.0679. The average Bonchev–Trinajstić information content (AvgIpc) is 2.68. The molecule has 3 rings (SSSR count). The first-order valence-electron chi connectivity index (χ1n) is 8.37. The molecule has 1 fully saturated rings. The number of aromatic carboxylic acids is 1. The summed E-state index contributed by atoms with van der Waals surface area (Å²) in [4.78, 5) is 28.6. The van der Waals surface area contributed by atoms with Gasteiger partial charge in [-0.1, -0.05) is 30.3 Å². The topological polar surface area (TPSA) is 108 Å². The molecule has 9 heteroatoms. The Labute approximate surface area is 157 Å². The molecule has 2 aromatic rings. The molecule has 1 N–H and O–H groups in total. The highest BCUT2D eigenvalue weighted by Crippen LogP contribution is 2.15. The number of aromatic nitrogens is 1. The smallest absolute Gasteiger partial charge is 0.354 e. The van der Waals surface area contributed by atoms with Crippen molar-refractivity contribution in [2.45, 2.75) is 5.75 Å². The Morgan fingerprint density at radius 3 is 2.22 bits per heavy atom. The van der Waals surface area contributed by atoms with Gasteiger partial charge >= 0.3 is 5.97 Å². The van der Waals surface area contributed by atoms with Crippen LogP contribution in [-0.4, -0.2) is 65.8 Å². The molecule has 1 aromatic carbocycles. The highest BCUT2D eigenvalue weighted by Gasteiger charge is 2.29. The second kappa shape index (κ2) is 7.85. The Morgan fingerprint density at radius 1 is 1.00 bits per heavy atom. The summed E-state index contributed by atoms with van der Waals surface area (Å²) < 4.78 is 26.5. The molecule has 1 aliphatic rings. The van der Waals surface area contributed by atoms with Crippen LogP contribution >= 0.6 is 0 Å². The van der Waals surface area contributed by atoms with Crippen LogP contribution in [0.5, 0.6) is 0 Å². The normalized spacial score (nSPS) is 15.5. The van der Waals surface area contributed by atoms with Crippen molar-refractivity contribution in [1.29, 1.82) is 0 Å². The molecule has 1 saturated heterocycles. The summed E-state index contributed by atoms with van der Waals surface area (Å²) in [7, 11) is -3.45.